The molecule has 0 amide bonds. The number of hydrogen-bond donors (Lipinski definition) is 0. The van der Waals surface area contributed by atoms with E-state index in [0.717, 1.165) is 13.0 Å². The molecule has 0 aliphatic carbocycles. The van der Waals surface area contributed by atoms with Crippen molar-refractivity contribution < 1.29 is 4.42 Å². The molecule has 0 unspecified atom stereocenters. The Morgan fingerprint density at radius 3 is 2.35 bits per heavy atom. The molecular formula is C18H26N4O. The standard InChI is InChI=1S/C18H26N4O/c1-3-17-19-20-18(23-17)14-21(2)13-15-7-9-16(10-8-15)22-11-5-4-6-12-22/h7-10H,3-6,11-14H2,1-2H3. The summed E-state index contributed by atoms with van der Waals surface area (Å²) in [6.45, 7) is 5.96. The molecule has 23 heavy (non-hydrogen) atoms. The topological polar surface area (TPSA) is 45.4 Å². The predicted octanol–water partition coefficient (Wildman–Crippen LogP) is 3.25. The Balaban J connectivity index is 1.54. The molecule has 0 saturated carbocycles. The SMILES string of the molecule is CCc1nnc(CN(C)Cc2ccc(N3CCCCC3)cc2)o1. The number of benzene rings is 1. The molecule has 1 aromatic heterocycles. The number of nitrogens with zero attached hydrogens (tertiary/aromatic N) is 4. The summed E-state index contributed by atoms with van der Waals surface area (Å²) in [4.78, 5) is 4.69. The molecule has 1 aliphatic heterocycles. The van der Waals surface area contributed by atoms with Gasteiger partial charge in [-0.3, -0.25) is 4.90 Å². The number of aryl methyl sites for hydroxylation is 1. The smallest absolute Gasteiger partial charge is 0.230 e. The summed E-state index contributed by atoms with van der Waals surface area (Å²) < 4.78 is 5.57. The highest BCUT2D eigenvalue weighted by Crippen LogP contribution is 2.20. The molecule has 1 aliphatic rings. The van der Waals surface area contributed by atoms with Crippen molar-refractivity contribution in [3.63, 3.8) is 0 Å². The second-order valence-corrected chi connectivity index (χ2v) is 6.33. The molecule has 0 N–H and O–H groups in total. The lowest BCUT2D eigenvalue weighted by atomic mass is 10.1. The third-order valence-corrected chi connectivity index (χ3v) is 4.33. The molecule has 5 heteroatoms. The maximum absolute atomic E-state index is 5.57. The van der Waals surface area contributed by atoms with Gasteiger partial charge in [0.15, 0.2) is 0 Å². The zero-order valence-electron chi connectivity index (χ0n) is 14.2. The van der Waals surface area contributed by atoms with Crippen molar-refractivity contribution in [3.05, 3.63) is 41.6 Å². The molecule has 124 valence electrons. The minimum atomic E-state index is 0.681. The van der Waals surface area contributed by atoms with Crippen LogP contribution in [0, 0.1) is 0 Å². The summed E-state index contributed by atoms with van der Waals surface area (Å²) in [5.41, 5.74) is 2.66. The quantitative estimate of drug-likeness (QED) is 0.819. The van der Waals surface area contributed by atoms with Crippen LogP contribution in [0.2, 0.25) is 0 Å². The first-order valence-corrected chi connectivity index (χ1v) is 8.58. The highest BCUT2D eigenvalue weighted by Gasteiger charge is 2.11. The molecule has 0 spiro atoms. The van der Waals surface area contributed by atoms with Gasteiger partial charge in [-0.25, -0.2) is 0 Å². The molecule has 3 rings (SSSR count). The van der Waals surface area contributed by atoms with E-state index in [9.17, 15) is 0 Å². The zero-order valence-corrected chi connectivity index (χ0v) is 14.2. The minimum Gasteiger partial charge on any atom is -0.424 e. The molecule has 5 nitrogen and oxygen atoms in total. The van der Waals surface area contributed by atoms with E-state index in [0.29, 0.717) is 18.3 Å². The van der Waals surface area contributed by atoms with Gasteiger partial charge in [-0.05, 0) is 44.0 Å². The summed E-state index contributed by atoms with van der Waals surface area (Å²) >= 11 is 0. The minimum absolute atomic E-state index is 0.681. The number of rotatable bonds is 6. The van der Waals surface area contributed by atoms with Crippen LogP contribution in [0.3, 0.4) is 0 Å². The molecular weight excluding hydrogens is 288 g/mol. The second kappa shape index (κ2) is 7.59. The van der Waals surface area contributed by atoms with Crippen LogP contribution < -0.4 is 4.90 Å². The van der Waals surface area contributed by atoms with E-state index in [1.165, 1.54) is 43.6 Å². The van der Waals surface area contributed by atoms with Crippen molar-refractivity contribution >= 4 is 5.69 Å². The van der Waals surface area contributed by atoms with Gasteiger partial charge in [-0.2, -0.15) is 0 Å². The molecule has 1 aromatic carbocycles. The molecule has 2 aromatic rings. The first-order chi connectivity index (χ1) is 11.2. The van der Waals surface area contributed by atoms with Crippen molar-refractivity contribution in [3.8, 4) is 0 Å². The summed E-state index contributed by atoms with van der Waals surface area (Å²) in [5.74, 6) is 1.40. The number of anilines is 1. The summed E-state index contributed by atoms with van der Waals surface area (Å²) in [6.07, 6.45) is 4.78. The number of hydrogen-bond acceptors (Lipinski definition) is 5. The van der Waals surface area contributed by atoms with Gasteiger partial charge in [0.05, 0.1) is 6.54 Å². The summed E-state index contributed by atoms with van der Waals surface area (Å²) in [7, 11) is 2.08. The van der Waals surface area contributed by atoms with Crippen LogP contribution >= 0.6 is 0 Å². The normalized spacial score (nSPS) is 15.3. The van der Waals surface area contributed by atoms with Crippen LogP contribution in [-0.4, -0.2) is 35.2 Å². The molecule has 2 heterocycles. The summed E-state index contributed by atoms with van der Waals surface area (Å²) in [5, 5.41) is 8.09. The fraction of sp³-hybridized carbons (Fsp3) is 0.556. The maximum Gasteiger partial charge on any atom is 0.230 e. The van der Waals surface area contributed by atoms with Crippen LogP contribution in [0.4, 0.5) is 5.69 Å². The highest BCUT2D eigenvalue weighted by atomic mass is 16.4. The van der Waals surface area contributed by atoms with Crippen molar-refractivity contribution in [2.45, 2.75) is 45.7 Å². The Morgan fingerprint density at radius 2 is 1.70 bits per heavy atom. The third-order valence-electron chi connectivity index (χ3n) is 4.33. The van der Waals surface area contributed by atoms with Crippen molar-refractivity contribution in [2.75, 3.05) is 25.0 Å². The first kappa shape index (κ1) is 16.0. The number of aromatic nitrogens is 2. The predicted molar refractivity (Wildman–Crippen MR) is 91.4 cm³/mol. The Bertz CT molecular complexity index is 602. The first-order valence-electron chi connectivity index (χ1n) is 8.58. The van der Waals surface area contributed by atoms with Gasteiger partial charge in [0.2, 0.25) is 11.8 Å². The van der Waals surface area contributed by atoms with Crippen LogP contribution in [-0.2, 0) is 19.5 Å². The lowest BCUT2D eigenvalue weighted by molar-refractivity contribution is 0.277. The average Bonchev–Trinajstić information content (AvgIpc) is 3.04. The van der Waals surface area contributed by atoms with E-state index in [2.05, 4.69) is 51.3 Å². The molecule has 1 saturated heterocycles. The summed E-state index contributed by atoms with van der Waals surface area (Å²) in [6, 6.07) is 8.95. The van der Waals surface area contributed by atoms with E-state index in [1.54, 1.807) is 0 Å². The van der Waals surface area contributed by atoms with Gasteiger partial charge >= 0.3 is 0 Å². The van der Waals surface area contributed by atoms with E-state index in [4.69, 9.17) is 4.42 Å². The Kier molecular flexibility index (Phi) is 5.28. The molecule has 1 fully saturated rings. The third kappa shape index (κ3) is 4.32. The monoisotopic (exact) mass is 314 g/mol. The maximum atomic E-state index is 5.57. The van der Waals surface area contributed by atoms with E-state index >= 15 is 0 Å². The fourth-order valence-corrected chi connectivity index (χ4v) is 3.06. The van der Waals surface area contributed by atoms with Crippen LogP contribution in [0.15, 0.2) is 28.7 Å². The van der Waals surface area contributed by atoms with E-state index in [-0.39, 0.29) is 0 Å². The largest absolute Gasteiger partial charge is 0.424 e. The lowest BCUT2D eigenvalue weighted by Gasteiger charge is -2.29. The van der Waals surface area contributed by atoms with Gasteiger partial charge < -0.3 is 9.32 Å². The number of piperidine rings is 1. The van der Waals surface area contributed by atoms with E-state index in [1.807, 2.05) is 6.92 Å². The highest BCUT2D eigenvalue weighted by molar-refractivity contribution is 5.47. The zero-order chi connectivity index (χ0) is 16.1. The Labute approximate surface area is 138 Å². The van der Waals surface area contributed by atoms with Gasteiger partial charge in [0.1, 0.15) is 0 Å². The molecule has 0 atom stereocenters. The fourth-order valence-electron chi connectivity index (χ4n) is 3.06. The van der Waals surface area contributed by atoms with E-state index < -0.39 is 0 Å². The van der Waals surface area contributed by atoms with Crippen LogP contribution in [0.1, 0.15) is 43.5 Å². The van der Waals surface area contributed by atoms with Crippen LogP contribution in [0.5, 0.6) is 0 Å². The molecule has 0 radical (unpaired) electrons. The van der Waals surface area contributed by atoms with Gasteiger partial charge in [-0.15, -0.1) is 10.2 Å². The lowest BCUT2D eigenvalue weighted by Crippen LogP contribution is -2.29. The van der Waals surface area contributed by atoms with Gasteiger partial charge in [0, 0.05) is 31.7 Å². The van der Waals surface area contributed by atoms with Crippen LogP contribution in [0.25, 0.3) is 0 Å². The Morgan fingerprint density at radius 1 is 1.00 bits per heavy atom. The second-order valence-electron chi connectivity index (χ2n) is 6.33. The van der Waals surface area contributed by atoms with Gasteiger partial charge in [-0.1, -0.05) is 19.1 Å². The van der Waals surface area contributed by atoms with Crippen molar-refractivity contribution in [1.82, 2.24) is 15.1 Å². The van der Waals surface area contributed by atoms with Crippen molar-refractivity contribution in [2.24, 2.45) is 0 Å². The molecule has 0 bridgehead atoms. The van der Waals surface area contributed by atoms with Gasteiger partial charge in [0.25, 0.3) is 0 Å². The average molecular weight is 314 g/mol. The Hall–Kier alpha value is -1.88. The van der Waals surface area contributed by atoms with Crippen molar-refractivity contribution in [1.29, 1.82) is 0 Å².